The fourth-order valence-electron chi connectivity index (χ4n) is 0.628. The van der Waals surface area contributed by atoms with Crippen molar-refractivity contribution in [2.24, 2.45) is 5.73 Å². The van der Waals surface area contributed by atoms with E-state index in [1.807, 2.05) is 0 Å². The summed E-state index contributed by atoms with van der Waals surface area (Å²) in [6.07, 6.45) is 1.35. The van der Waals surface area contributed by atoms with Crippen molar-refractivity contribution < 1.29 is 9.59 Å². The van der Waals surface area contributed by atoms with Crippen molar-refractivity contribution in [2.45, 2.75) is 0 Å². The van der Waals surface area contributed by atoms with Gasteiger partial charge in [0.15, 0.2) is 0 Å². The molecule has 8 heteroatoms. The lowest BCUT2D eigenvalue weighted by molar-refractivity contribution is -0.134. The van der Waals surface area contributed by atoms with Crippen molar-refractivity contribution >= 4 is 54.0 Å². The Labute approximate surface area is 103 Å². The van der Waals surface area contributed by atoms with E-state index in [-0.39, 0.29) is 30.6 Å². The molecule has 0 radical (unpaired) electrons. The van der Waals surface area contributed by atoms with Crippen LogP contribution in [-0.2, 0) is 9.59 Å². The number of halogens is 3. The van der Waals surface area contributed by atoms with E-state index >= 15 is 0 Å². The maximum atomic E-state index is 10.7. The summed E-state index contributed by atoms with van der Waals surface area (Å²) in [7, 11) is 0. The van der Waals surface area contributed by atoms with E-state index in [2.05, 4.69) is 10.3 Å². The van der Waals surface area contributed by atoms with Crippen LogP contribution in [0, 0.1) is 0 Å². The van der Waals surface area contributed by atoms with Gasteiger partial charge in [0.2, 0.25) is 0 Å². The minimum Gasteiger partial charge on any atom is -0.361 e. The van der Waals surface area contributed by atoms with E-state index in [0.29, 0.717) is 5.02 Å². The molecule has 3 N–H and O–H groups in total. The predicted octanol–water partition coefficient (Wildman–Crippen LogP) is 1.00. The van der Waals surface area contributed by atoms with Gasteiger partial charge in [0.1, 0.15) is 5.82 Å². The molecular weight excluding hydrogens is 264 g/mol. The van der Waals surface area contributed by atoms with Crippen molar-refractivity contribution in [2.75, 3.05) is 5.32 Å². The summed E-state index contributed by atoms with van der Waals surface area (Å²) in [5.74, 6) is -1.74. The van der Waals surface area contributed by atoms with Crippen molar-refractivity contribution in [3.05, 3.63) is 23.4 Å². The molecule has 5 nitrogen and oxygen atoms in total. The maximum absolute atomic E-state index is 10.7. The first kappa shape index (κ1) is 16.4. The molecule has 0 fully saturated rings. The number of carbonyl (C=O) groups is 2. The van der Waals surface area contributed by atoms with Crippen LogP contribution in [0.5, 0.6) is 0 Å². The van der Waals surface area contributed by atoms with Crippen LogP contribution >= 0.6 is 36.4 Å². The molecule has 0 bridgehead atoms. The van der Waals surface area contributed by atoms with Gasteiger partial charge in [-0.3, -0.25) is 9.59 Å². The molecule has 1 rings (SSSR count). The number of hydrogen-bond donors (Lipinski definition) is 2. The van der Waals surface area contributed by atoms with Gasteiger partial charge in [-0.15, -0.1) is 24.8 Å². The molecule has 0 aliphatic rings. The zero-order valence-corrected chi connectivity index (χ0v) is 9.66. The number of anilines is 1. The number of primary amides is 1. The highest BCUT2D eigenvalue weighted by atomic mass is 35.5. The molecular formula is C7H8Cl3N3O2. The van der Waals surface area contributed by atoms with Crippen LogP contribution in [0.3, 0.4) is 0 Å². The number of rotatable bonds is 1. The number of carbonyl (C=O) groups excluding carboxylic acids is 2. The van der Waals surface area contributed by atoms with Gasteiger partial charge in [0.25, 0.3) is 0 Å². The van der Waals surface area contributed by atoms with Gasteiger partial charge >= 0.3 is 11.8 Å². The summed E-state index contributed by atoms with van der Waals surface area (Å²) >= 11 is 5.54. The Bertz CT molecular complexity index is 342. The highest BCUT2D eigenvalue weighted by Gasteiger charge is 2.08. The highest BCUT2D eigenvalue weighted by Crippen LogP contribution is 2.08. The molecule has 0 spiro atoms. The first-order valence-corrected chi connectivity index (χ1v) is 3.70. The number of aromatic nitrogens is 1. The smallest absolute Gasteiger partial charge is 0.314 e. The van der Waals surface area contributed by atoms with Crippen LogP contribution in [-0.4, -0.2) is 16.8 Å². The van der Waals surface area contributed by atoms with Gasteiger partial charge in [0.05, 0.1) is 5.02 Å². The Balaban J connectivity index is 0. The van der Waals surface area contributed by atoms with Gasteiger partial charge in [-0.1, -0.05) is 11.6 Å². The second-order valence-electron chi connectivity index (χ2n) is 2.18. The van der Waals surface area contributed by atoms with E-state index in [9.17, 15) is 9.59 Å². The zero-order valence-electron chi connectivity index (χ0n) is 7.27. The molecule has 0 unspecified atom stereocenters. The van der Waals surface area contributed by atoms with E-state index in [1.165, 1.54) is 18.3 Å². The Hall–Kier alpha value is -1.04. The Kier molecular flexibility index (Phi) is 7.95. The number of pyridine rings is 1. The van der Waals surface area contributed by atoms with Crippen LogP contribution in [0.25, 0.3) is 0 Å². The summed E-state index contributed by atoms with van der Waals surface area (Å²) < 4.78 is 0. The van der Waals surface area contributed by atoms with E-state index in [4.69, 9.17) is 17.3 Å². The first-order valence-electron chi connectivity index (χ1n) is 3.32. The van der Waals surface area contributed by atoms with E-state index in [1.54, 1.807) is 0 Å². The molecule has 1 aromatic rings. The third-order valence-corrected chi connectivity index (χ3v) is 1.42. The summed E-state index contributed by atoms with van der Waals surface area (Å²) in [6, 6.07) is 2.99. The number of hydrogen-bond acceptors (Lipinski definition) is 3. The fraction of sp³-hybridized carbons (Fsp3) is 0. The molecule has 15 heavy (non-hydrogen) atoms. The Morgan fingerprint density at radius 1 is 1.33 bits per heavy atom. The van der Waals surface area contributed by atoms with Crippen LogP contribution in [0.4, 0.5) is 5.82 Å². The number of nitrogens with zero attached hydrogens (tertiary/aromatic N) is 1. The number of nitrogens with two attached hydrogens (primary N) is 1. The molecule has 0 aliphatic carbocycles. The van der Waals surface area contributed by atoms with Crippen molar-refractivity contribution in [3.63, 3.8) is 0 Å². The third-order valence-electron chi connectivity index (χ3n) is 1.19. The molecule has 0 saturated carbocycles. The average Bonchev–Trinajstić information content (AvgIpc) is 2.08. The molecule has 2 amide bonds. The third kappa shape index (κ3) is 5.41. The van der Waals surface area contributed by atoms with Gasteiger partial charge in [0, 0.05) is 6.20 Å². The summed E-state index contributed by atoms with van der Waals surface area (Å²) in [5, 5.41) is 2.63. The van der Waals surface area contributed by atoms with Crippen molar-refractivity contribution in [1.82, 2.24) is 4.98 Å². The van der Waals surface area contributed by atoms with Crippen LogP contribution in [0.1, 0.15) is 0 Å². The SMILES string of the molecule is Cl.Cl.NC(=O)C(=O)Nc1ccc(Cl)cn1. The molecule has 1 aromatic heterocycles. The summed E-state index contributed by atoms with van der Waals surface area (Å²) in [4.78, 5) is 24.8. The molecule has 0 aromatic carbocycles. The molecule has 0 saturated heterocycles. The van der Waals surface area contributed by atoms with Crippen LogP contribution in [0.15, 0.2) is 18.3 Å². The van der Waals surface area contributed by atoms with Crippen LogP contribution < -0.4 is 11.1 Å². The van der Waals surface area contributed by atoms with E-state index in [0.717, 1.165) is 0 Å². The normalized spacial score (nSPS) is 8.07. The average molecular weight is 273 g/mol. The standard InChI is InChI=1S/C7H6ClN3O2.2ClH/c8-4-1-2-5(10-3-4)11-7(13)6(9)12;;/h1-3H,(H2,9,12)(H,10,11,13);2*1H. The highest BCUT2D eigenvalue weighted by molar-refractivity contribution is 6.39. The predicted molar refractivity (Wildman–Crippen MR) is 61.6 cm³/mol. The number of nitrogens with one attached hydrogen (secondary N) is 1. The fourth-order valence-corrected chi connectivity index (χ4v) is 0.739. The molecule has 0 atom stereocenters. The summed E-state index contributed by atoms with van der Waals surface area (Å²) in [6.45, 7) is 0. The minimum atomic E-state index is -1.06. The van der Waals surface area contributed by atoms with Gasteiger partial charge < -0.3 is 11.1 Å². The monoisotopic (exact) mass is 271 g/mol. The lowest BCUT2D eigenvalue weighted by atomic mass is 10.4. The first-order chi connectivity index (χ1) is 6.09. The second kappa shape index (κ2) is 7.28. The molecule has 84 valence electrons. The van der Waals surface area contributed by atoms with Crippen LogP contribution in [0.2, 0.25) is 5.02 Å². The zero-order chi connectivity index (χ0) is 9.84. The molecule has 1 heterocycles. The largest absolute Gasteiger partial charge is 0.361 e. The molecule has 0 aliphatic heterocycles. The minimum absolute atomic E-state index is 0. The lowest BCUT2D eigenvalue weighted by Crippen LogP contribution is -2.29. The topological polar surface area (TPSA) is 85.1 Å². The van der Waals surface area contributed by atoms with Crippen molar-refractivity contribution in [1.29, 1.82) is 0 Å². The Morgan fingerprint density at radius 2 is 1.93 bits per heavy atom. The van der Waals surface area contributed by atoms with Gasteiger partial charge in [-0.25, -0.2) is 4.98 Å². The Morgan fingerprint density at radius 3 is 2.33 bits per heavy atom. The van der Waals surface area contributed by atoms with Gasteiger partial charge in [-0.2, -0.15) is 0 Å². The van der Waals surface area contributed by atoms with E-state index < -0.39 is 11.8 Å². The number of amides is 2. The van der Waals surface area contributed by atoms with Gasteiger partial charge in [-0.05, 0) is 12.1 Å². The summed E-state index contributed by atoms with van der Waals surface area (Å²) in [5.41, 5.74) is 4.71. The lowest BCUT2D eigenvalue weighted by Gasteiger charge is -1.99. The van der Waals surface area contributed by atoms with Crippen molar-refractivity contribution in [3.8, 4) is 0 Å². The quantitative estimate of drug-likeness (QED) is 0.748. The second-order valence-corrected chi connectivity index (χ2v) is 2.62. The maximum Gasteiger partial charge on any atom is 0.314 e.